The molecule has 19 heavy (non-hydrogen) atoms. The molecule has 0 aromatic rings. The molecule has 0 aromatic carbocycles. The Bertz CT molecular complexity index is 271. The molecule has 4 heteroatoms. The summed E-state index contributed by atoms with van der Waals surface area (Å²) in [6.07, 6.45) is 3.14. The number of rotatable bonds is 7. The van der Waals surface area contributed by atoms with E-state index in [2.05, 4.69) is 32.6 Å². The maximum absolute atomic E-state index is 6.19. The van der Waals surface area contributed by atoms with Gasteiger partial charge < -0.3 is 15.2 Å². The zero-order valence-electron chi connectivity index (χ0n) is 13.4. The first-order valence-corrected chi connectivity index (χ1v) is 7.50. The van der Waals surface area contributed by atoms with Crippen molar-refractivity contribution in [3.8, 4) is 0 Å². The first-order valence-electron chi connectivity index (χ1n) is 7.50. The molecule has 0 saturated carbocycles. The van der Waals surface area contributed by atoms with E-state index in [1.165, 1.54) is 0 Å². The van der Waals surface area contributed by atoms with Crippen LogP contribution >= 0.6 is 0 Å². The summed E-state index contributed by atoms with van der Waals surface area (Å²) in [6.45, 7) is 12.0. The van der Waals surface area contributed by atoms with Gasteiger partial charge in [0, 0.05) is 38.4 Å². The predicted molar refractivity (Wildman–Crippen MR) is 79.4 cm³/mol. The Balaban J connectivity index is 2.92. The van der Waals surface area contributed by atoms with Crippen LogP contribution in [0, 0.1) is 0 Å². The molecule has 1 rings (SSSR count). The molecule has 0 radical (unpaired) electrons. The number of hydrogen-bond acceptors (Lipinski definition) is 4. The van der Waals surface area contributed by atoms with Crippen LogP contribution in [0.15, 0.2) is 0 Å². The second kappa shape index (κ2) is 7.02. The van der Waals surface area contributed by atoms with E-state index < -0.39 is 0 Å². The molecule has 1 aliphatic heterocycles. The van der Waals surface area contributed by atoms with E-state index in [4.69, 9.17) is 15.2 Å². The highest BCUT2D eigenvalue weighted by atomic mass is 16.5. The Morgan fingerprint density at radius 1 is 1.42 bits per heavy atom. The summed E-state index contributed by atoms with van der Waals surface area (Å²) in [5.74, 6) is 0. The fourth-order valence-electron chi connectivity index (χ4n) is 3.32. The largest absolute Gasteiger partial charge is 0.383 e. The van der Waals surface area contributed by atoms with Gasteiger partial charge in [0.2, 0.25) is 0 Å². The van der Waals surface area contributed by atoms with Crippen molar-refractivity contribution in [1.82, 2.24) is 4.90 Å². The molecule has 0 bridgehead atoms. The van der Waals surface area contributed by atoms with Crippen molar-refractivity contribution in [3.05, 3.63) is 0 Å². The lowest BCUT2D eigenvalue weighted by Gasteiger charge is -2.52. The zero-order valence-corrected chi connectivity index (χ0v) is 13.4. The average molecular weight is 272 g/mol. The number of methoxy groups -OCH3 is 1. The molecule has 0 amide bonds. The Kier molecular flexibility index (Phi) is 6.24. The van der Waals surface area contributed by atoms with Crippen LogP contribution in [0.1, 0.15) is 47.0 Å². The minimum atomic E-state index is -0.0869. The molecule has 2 atom stereocenters. The summed E-state index contributed by atoms with van der Waals surface area (Å²) in [6, 6.07) is 0.521. The van der Waals surface area contributed by atoms with Crippen LogP contribution in [0.5, 0.6) is 0 Å². The Morgan fingerprint density at radius 3 is 2.58 bits per heavy atom. The maximum atomic E-state index is 6.19. The van der Waals surface area contributed by atoms with E-state index in [1.807, 2.05) is 0 Å². The smallest absolute Gasteiger partial charge is 0.0644 e. The Morgan fingerprint density at radius 2 is 2.11 bits per heavy atom. The van der Waals surface area contributed by atoms with Gasteiger partial charge in [-0.05, 0) is 40.0 Å². The fraction of sp³-hybridized carbons (Fsp3) is 1.00. The highest BCUT2D eigenvalue weighted by Gasteiger charge is 2.45. The third kappa shape index (κ3) is 4.15. The molecule has 0 aromatic heterocycles. The molecule has 2 N–H and O–H groups in total. The maximum Gasteiger partial charge on any atom is 0.0644 e. The molecule has 1 fully saturated rings. The van der Waals surface area contributed by atoms with E-state index in [9.17, 15) is 0 Å². The lowest BCUT2D eigenvalue weighted by Crippen LogP contribution is -2.63. The van der Waals surface area contributed by atoms with Gasteiger partial charge in [-0.25, -0.2) is 0 Å². The first-order chi connectivity index (χ1) is 8.90. The summed E-state index contributed by atoms with van der Waals surface area (Å²) >= 11 is 0. The number of ether oxygens (including phenoxy) is 2. The summed E-state index contributed by atoms with van der Waals surface area (Å²) in [4.78, 5) is 2.56. The summed E-state index contributed by atoms with van der Waals surface area (Å²) in [5.41, 5.74) is 6.15. The van der Waals surface area contributed by atoms with Crippen LogP contribution in [0.25, 0.3) is 0 Å². The van der Waals surface area contributed by atoms with Gasteiger partial charge in [0.25, 0.3) is 0 Å². The standard InChI is InChI=1S/C15H32N2O2/c1-6-13(2)17(8-10-18-5)15(12-16)7-9-19-14(3,4)11-15/h13H,6-12,16H2,1-5H3. The van der Waals surface area contributed by atoms with Crippen molar-refractivity contribution >= 4 is 0 Å². The molecular weight excluding hydrogens is 240 g/mol. The van der Waals surface area contributed by atoms with Crippen molar-refractivity contribution in [2.45, 2.75) is 64.1 Å². The fourth-order valence-corrected chi connectivity index (χ4v) is 3.32. The van der Waals surface area contributed by atoms with Crippen LogP contribution in [-0.4, -0.2) is 55.5 Å². The number of nitrogens with two attached hydrogens (primary N) is 1. The topological polar surface area (TPSA) is 47.7 Å². The number of hydrogen-bond donors (Lipinski definition) is 1. The van der Waals surface area contributed by atoms with Gasteiger partial charge >= 0.3 is 0 Å². The van der Waals surface area contributed by atoms with E-state index in [0.717, 1.165) is 39.0 Å². The third-order valence-corrected chi connectivity index (χ3v) is 4.46. The monoisotopic (exact) mass is 272 g/mol. The molecule has 1 aliphatic rings. The molecule has 114 valence electrons. The minimum Gasteiger partial charge on any atom is -0.383 e. The Hall–Kier alpha value is -0.160. The molecule has 1 saturated heterocycles. The van der Waals surface area contributed by atoms with E-state index >= 15 is 0 Å². The minimum absolute atomic E-state index is 0.0513. The van der Waals surface area contributed by atoms with Gasteiger partial charge in [0.05, 0.1) is 12.2 Å². The SMILES string of the molecule is CCC(C)N(CCOC)C1(CN)CCOC(C)(C)C1. The van der Waals surface area contributed by atoms with Gasteiger partial charge in [-0.15, -0.1) is 0 Å². The van der Waals surface area contributed by atoms with Gasteiger partial charge in [0.15, 0.2) is 0 Å². The summed E-state index contributed by atoms with van der Waals surface area (Å²) in [7, 11) is 1.76. The van der Waals surface area contributed by atoms with Crippen molar-refractivity contribution < 1.29 is 9.47 Å². The molecule has 0 aliphatic carbocycles. The van der Waals surface area contributed by atoms with E-state index in [-0.39, 0.29) is 11.1 Å². The van der Waals surface area contributed by atoms with Gasteiger partial charge in [-0.1, -0.05) is 6.92 Å². The van der Waals surface area contributed by atoms with E-state index in [0.29, 0.717) is 12.6 Å². The van der Waals surface area contributed by atoms with Crippen LogP contribution in [0.4, 0.5) is 0 Å². The average Bonchev–Trinajstić information content (AvgIpc) is 2.37. The van der Waals surface area contributed by atoms with Crippen molar-refractivity contribution in [2.24, 2.45) is 5.73 Å². The molecule has 4 nitrogen and oxygen atoms in total. The van der Waals surface area contributed by atoms with Crippen molar-refractivity contribution in [3.63, 3.8) is 0 Å². The second-order valence-electron chi connectivity index (χ2n) is 6.41. The molecular formula is C15H32N2O2. The summed E-state index contributed by atoms with van der Waals surface area (Å²) < 4.78 is 11.2. The van der Waals surface area contributed by atoms with Gasteiger partial charge in [-0.2, -0.15) is 0 Å². The second-order valence-corrected chi connectivity index (χ2v) is 6.41. The Labute approximate surface area is 118 Å². The highest BCUT2D eigenvalue weighted by Crippen LogP contribution is 2.37. The predicted octanol–water partition coefficient (Wildman–Crippen LogP) is 2.02. The lowest BCUT2D eigenvalue weighted by atomic mass is 9.79. The zero-order chi connectivity index (χ0) is 14.5. The van der Waals surface area contributed by atoms with Crippen LogP contribution in [0.3, 0.4) is 0 Å². The van der Waals surface area contributed by atoms with Crippen LogP contribution in [-0.2, 0) is 9.47 Å². The first kappa shape index (κ1) is 16.9. The van der Waals surface area contributed by atoms with Crippen LogP contribution in [0.2, 0.25) is 0 Å². The normalized spacial score (nSPS) is 28.6. The molecule has 1 heterocycles. The van der Waals surface area contributed by atoms with Crippen LogP contribution < -0.4 is 5.73 Å². The van der Waals surface area contributed by atoms with Crippen molar-refractivity contribution in [2.75, 3.05) is 33.4 Å². The van der Waals surface area contributed by atoms with Gasteiger partial charge in [-0.3, -0.25) is 4.90 Å². The molecule has 2 unspecified atom stereocenters. The summed E-state index contributed by atoms with van der Waals surface area (Å²) in [5, 5.41) is 0. The number of nitrogens with zero attached hydrogens (tertiary/aromatic N) is 1. The van der Waals surface area contributed by atoms with Crippen molar-refractivity contribution in [1.29, 1.82) is 0 Å². The quantitative estimate of drug-likeness (QED) is 0.770. The third-order valence-electron chi connectivity index (χ3n) is 4.46. The van der Waals surface area contributed by atoms with E-state index in [1.54, 1.807) is 7.11 Å². The lowest BCUT2D eigenvalue weighted by molar-refractivity contribution is -0.128. The molecule has 0 spiro atoms. The van der Waals surface area contributed by atoms with Gasteiger partial charge in [0.1, 0.15) is 0 Å². The highest BCUT2D eigenvalue weighted by molar-refractivity contribution is 5.00.